The predicted octanol–water partition coefficient (Wildman–Crippen LogP) is 2.56. The maximum Gasteiger partial charge on any atom is 0.191 e. The van der Waals surface area contributed by atoms with E-state index >= 15 is 0 Å². The van der Waals surface area contributed by atoms with E-state index in [0.29, 0.717) is 13.2 Å². The van der Waals surface area contributed by atoms with Crippen molar-refractivity contribution in [3.63, 3.8) is 0 Å². The average Bonchev–Trinajstić information content (AvgIpc) is 2.81. The number of benzene rings is 2. The molecule has 0 saturated carbocycles. The van der Waals surface area contributed by atoms with Crippen molar-refractivity contribution in [2.45, 2.75) is 19.2 Å². The molecule has 174 valence electrons. The van der Waals surface area contributed by atoms with E-state index in [2.05, 4.69) is 56.7 Å². The Morgan fingerprint density at radius 3 is 2.38 bits per heavy atom. The third-order valence-corrected chi connectivity index (χ3v) is 5.77. The zero-order valence-electron chi connectivity index (χ0n) is 18.9. The number of aliphatic imine (C=N–C) groups is 1. The number of ether oxygens (including phenoxy) is 2. The summed E-state index contributed by atoms with van der Waals surface area (Å²) in [6, 6.07) is 16.6. The van der Waals surface area contributed by atoms with E-state index in [1.54, 1.807) is 7.05 Å². The van der Waals surface area contributed by atoms with Crippen LogP contribution in [0.1, 0.15) is 11.1 Å². The lowest BCUT2D eigenvalue weighted by Gasteiger charge is -2.32. The highest BCUT2D eigenvalue weighted by Crippen LogP contribution is 2.30. The zero-order valence-corrected chi connectivity index (χ0v) is 21.2. The average molecular weight is 551 g/mol. The van der Waals surface area contributed by atoms with E-state index < -0.39 is 0 Å². The lowest BCUT2D eigenvalue weighted by atomic mass is 10.1. The molecule has 4 rings (SSSR count). The van der Waals surface area contributed by atoms with E-state index in [1.165, 1.54) is 11.1 Å². The number of nitrogens with zero attached hydrogens (tertiary/aromatic N) is 3. The fourth-order valence-corrected chi connectivity index (χ4v) is 3.81. The minimum absolute atomic E-state index is 0. The Bertz CT molecular complexity index is 869. The molecule has 1 saturated heterocycles. The van der Waals surface area contributed by atoms with Gasteiger partial charge < -0.3 is 25.0 Å². The highest BCUT2D eigenvalue weighted by molar-refractivity contribution is 14.0. The second-order valence-corrected chi connectivity index (χ2v) is 8.20. The molecule has 2 heterocycles. The van der Waals surface area contributed by atoms with Crippen LogP contribution in [0, 0.1) is 0 Å². The van der Waals surface area contributed by atoms with Gasteiger partial charge in [-0.1, -0.05) is 36.4 Å². The van der Waals surface area contributed by atoms with Crippen LogP contribution in [0.5, 0.6) is 11.5 Å². The topological polar surface area (TPSA) is 61.4 Å². The van der Waals surface area contributed by atoms with E-state index in [1.807, 2.05) is 24.3 Å². The Balaban J connectivity index is 0.00000289. The van der Waals surface area contributed by atoms with Gasteiger partial charge in [0, 0.05) is 46.3 Å². The molecule has 32 heavy (non-hydrogen) atoms. The highest BCUT2D eigenvalue weighted by atomic mass is 127. The first kappa shape index (κ1) is 24.6. The van der Waals surface area contributed by atoms with Crippen LogP contribution < -0.4 is 20.1 Å². The molecule has 1 fully saturated rings. The molecule has 0 bridgehead atoms. The molecule has 7 nitrogen and oxygen atoms in total. The van der Waals surface area contributed by atoms with Gasteiger partial charge in [-0.05, 0) is 30.3 Å². The fraction of sp³-hybridized carbons (Fsp3) is 0.458. The molecule has 1 atom stereocenters. The van der Waals surface area contributed by atoms with Gasteiger partial charge in [-0.15, -0.1) is 24.0 Å². The number of nitrogens with one attached hydrogen (secondary N) is 2. The molecule has 0 spiro atoms. The van der Waals surface area contributed by atoms with Crippen LogP contribution in [0.3, 0.4) is 0 Å². The fourth-order valence-electron chi connectivity index (χ4n) is 3.81. The number of likely N-dealkylation sites (N-methyl/N-ethyl adjacent to an activating group) is 1. The maximum atomic E-state index is 5.99. The van der Waals surface area contributed by atoms with Gasteiger partial charge >= 0.3 is 0 Å². The molecular weight excluding hydrogens is 517 g/mol. The summed E-state index contributed by atoms with van der Waals surface area (Å²) >= 11 is 0. The van der Waals surface area contributed by atoms with Gasteiger partial charge in [0.05, 0.1) is 6.54 Å². The Kier molecular flexibility index (Phi) is 9.43. The molecule has 2 aromatic carbocycles. The van der Waals surface area contributed by atoms with Gasteiger partial charge in [-0.2, -0.15) is 0 Å². The summed E-state index contributed by atoms with van der Waals surface area (Å²) in [6.07, 6.45) is -0.0534. The third kappa shape index (κ3) is 6.98. The smallest absolute Gasteiger partial charge is 0.191 e. The first-order valence-corrected chi connectivity index (χ1v) is 11.0. The largest absolute Gasteiger partial charge is 0.486 e. The second kappa shape index (κ2) is 12.3. The lowest BCUT2D eigenvalue weighted by molar-refractivity contribution is 0.0936. The summed E-state index contributed by atoms with van der Waals surface area (Å²) in [5.74, 6) is 2.35. The number of hydrogen-bond donors (Lipinski definition) is 2. The molecule has 2 aliphatic heterocycles. The van der Waals surface area contributed by atoms with Crippen molar-refractivity contribution >= 4 is 29.9 Å². The summed E-state index contributed by atoms with van der Waals surface area (Å²) < 4.78 is 11.8. The van der Waals surface area contributed by atoms with Crippen molar-refractivity contribution < 1.29 is 9.47 Å². The predicted molar refractivity (Wildman–Crippen MR) is 139 cm³/mol. The minimum Gasteiger partial charge on any atom is -0.486 e. The van der Waals surface area contributed by atoms with Crippen molar-refractivity contribution in [1.29, 1.82) is 0 Å². The number of rotatable bonds is 6. The number of piperazine rings is 1. The lowest BCUT2D eigenvalue weighted by Crippen LogP contribution is -2.45. The van der Waals surface area contributed by atoms with Gasteiger partial charge in [0.1, 0.15) is 12.7 Å². The monoisotopic (exact) mass is 551 g/mol. The van der Waals surface area contributed by atoms with Gasteiger partial charge in [0.2, 0.25) is 0 Å². The minimum atomic E-state index is -0.0534. The summed E-state index contributed by atoms with van der Waals surface area (Å²) in [7, 11) is 3.97. The Morgan fingerprint density at radius 2 is 1.66 bits per heavy atom. The van der Waals surface area contributed by atoms with E-state index in [0.717, 1.165) is 56.7 Å². The highest BCUT2D eigenvalue weighted by Gasteiger charge is 2.20. The third-order valence-electron chi connectivity index (χ3n) is 5.77. The standard InChI is InChI=1S/C24H33N5O2.HI/c1-25-24(27-16-21-18-30-22-5-3-4-6-23(22)31-21)26-15-19-7-9-20(10-8-19)17-29-13-11-28(2)12-14-29;/h3-10,21H,11-18H2,1-2H3,(H2,25,26,27);1H. The van der Waals surface area contributed by atoms with Crippen LogP contribution in [0.15, 0.2) is 53.5 Å². The molecule has 0 aromatic heterocycles. The van der Waals surface area contributed by atoms with Crippen LogP contribution in [0.2, 0.25) is 0 Å². The molecule has 0 aliphatic carbocycles. The maximum absolute atomic E-state index is 5.99. The van der Waals surface area contributed by atoms with Crippen molar-refractivity contribution in [1.82, 2.24) is 20.4 Å². The van der Waals surface area contributed by atoms with Crippen LogP contribution >= 0.6 is 24.0 Å². The first-order chi connectivity index (χ1) is 15.2. The Hall–Kier alpha value is -2.04. The molecular formula is C24H34IN5O2. The molecule has 2 aromatic rings. The summed E-state index contributed by atoms with van der Waals surface area (Å²) in [6.45, 7) is 7.48. The van der Waals surface area contributed by atoms with Crippen LogP contribution in [-0.4, -0.2) is 75.3 Å². The zero-order chi connectivity index (χ0) is 21.5. The molecule has 1 unspecified atom stereocenters. The number of hydrogen-bond acceptors (Lipinski definition) is 5. The van der Waals surface area contributed by atoms with Gasteiger partial charge in [0.15, 0.2) is 17.5 Å². The Morgan fingerprint density at radius 1 is 0.969 bits per heavy atom. The summed E-state index contributed by atoms with van der Waals surface area (Å²) in [5.41, 5.74) is 2.60. The van der Waals surface area contributed by atoms with E-state index in [9.17, 15) is 0 Å². The van der Waals surface area contributed by atoms with Crippen molar-refractivity contribution in [3.05, 3.63) is 59.7 Å². The van der Waals surface area contributed by atoms with Crippen LogP contribution in [0.25, 0.3) is 0 Å². The molecule has 0 amide bonds. The molecule has 2 N–H and O–H groups in total. The second-order valence-electron chi connectivity index (χ2n) is 8.20. The van der Waals surface area contributed by atoms with Gasteiger partial charge in [0.25, 0.3) is 0 Å². The normalized spacial score (nSPS) is 19.2. The SMILES string of the molecule is CN=C(NCc1ccc(CN2CCN(C)CC2)cc1)NCC1COc2ccccc2O1.I. The van der Waals surface area contributed by atoms with E-state index in [-0.39, 0.29) is 30.1 Å². The van der Waals surface area contributed by atoms with Gasteiger partial charge in [-0.3, -0.25) is 9.89 Å². The Labute approximate surface area is 208 Å². The van der Waals surface area contributed by atoms with Crippen molar-refractivity contribution in [2.75, 3.05) is 53.4 Å². The quantitative estimate of drug-likeness (QED) is 0.327. The van der Waals surface area contributed by atoms with Crippen LogP contribution in [0.4, 0.5) is 0 Å². The first-order valence-electron chi connectivity index (χ1n) is 11.0. The number of halogens is 1. The molecule has 0 radical (unpaired) electrons. The van der Waals surface area contributed by atoms with Crippen molar-refractivity contribution in [3.8, 4) is 11.5 Å². The number of fused-ring (bicyclic) bond motifs is 1. The number of para-hydroxylation sites is 2. The van der Waals surface area contributed by atoms with Gasteiger partial charge in [-0.25, -0.2) is 0 Å². The van der Waals surface area contributed by atoms with Crippen molar-refractivity contribution in [2.24, 2.45) is 4.99 Å². The molecule has 2 aliphatic rings. The molecule has 8 heteroatoms. The summed E-state index contributed by atoms with van der Waals surface area (Å²) in [5, 5.41) is 6.71. The van der Waals surface area contributed by atoms with E-state index in [4.69, 9.17) is 9.47 Å². The van der Waals surface area contributed by atoms with Crippen LogP contribution in [-0.2, 0) is 13.1 Å². The summed E-state index contributed by atoms with van der Waals surface area (Å²) in [4.78, 5) is 9.23. The number of guanidine groups is 1.